The van der Waals surface area contributed by atoms with Crippen LogP contribution in [0.1, 0.15) is 18.5 Å². The first kappa shape index (κ1) is 17.9. The zero-order chi connectivity index (χ0) is 14.4. The highest BCUT2D eigenvalue weighted by Crippen LogP contribution is 2.20. The fourth-order valence-corrected chi connectivity index (χ4v) is 2.38. The second-order valence-electron chi connectivity index (χ2n) is 5.11. The van der Waals surface area contributed by atoms with Crippen molar-refractivity contribution < 1.29 is 9.53 Å². The van der Waals surface area contributed by atoms with Gasteiger partial charge in [-0.1, -0.05) is 30.3 Å². The molecule has 1 aromatic rings. The number of nitrogens with zero attached hydrogens (tertiary/aromatic N) is 1. The average Bonchev–Trinajstić information content (AvgIpc) is 2.49. The molecule has 21 heavy (non-hydrogen) atoms. The smallest absolute Gasteiger partial charge is 0.236 e. The summed E-state index contributed by atoms with van der Waals surface area (Å²) in [6.45, 7) is 5.52. The van der Waals surface area contributed by atoms with Crippen molar-refractivity contribution in [2.75, 3.05) is 32.8 Å². The van der Waals surface area contributed by atoms with Crippen molar-refractivity contribution in [1.29, 1.82) is 0 Å². The highest BCUT2D eigenvalue weighted by Gasteiger charge is 2.23. The highest BCUT2D eigenvalue weighted by atomic mass is 35.5. The van der Waals surface area contributed by atoms with Gasteiger partial charge in [-0.25, -0.2) is 0 Å². The molecule has 1 heterocycles. The van der Waals surface area contributed by atoms with Crippen LogP contribution in [0.25, 0.3) is 0 Å². The highest BCUT2D eigenvalue weighted by molar-refractivity contribution is 5.85. The molecule has 1 aromatic carbocycles. The number of ether oxygens (including phenoxy) is 1. The topological polar surface area (TPSA) is 67.6 Å². The zero-order valence-electron chi connectivity index (χ0n) is 12.3. The van der Waals surface area contributed by atoms with Crippen LogP contribution in [0, 0.1) is 0 Å². The molecule has 0 radical (unpaired) electrons. The lowest BCUT2D eigenvalue weighted by Crippen LogP contribution is -2.46. The molecular weight excluding hydrogens is 290 g/mol. The van der Waals surface area contributed by atoms with Crippen molar-refractivity contribution in [3.8, 4) is 0 Å². The van der Waals surface area contributed by atoms with E-state index in [0.29, 0.717) is 6.54 Å². The molecule has 118 valence electrons. The first-order valence-corrected chi connectivity index (χ1v) is 7.08. The summed E-state index contributed by atoms with van der Waals surface area (Å²) in [7, 11) is 0. The van der Waals surface area contributed by atoms with E-state index in [1.54, 1.807) is 6.92 Å². The van der Waals surface area contributed by atoms with Crippen molar-refractivity contribution in [2.45, 2.75) is 19.0 Å². The summed E-state index contributed by atoms with van der Waals surface area (Å²) >= 11 is 0. The third-order valence-electron chi connectivity index (χ3n) is 3.55. The Morgan fingerprint density at radius 2 is 1.95 bits per heavy atom. The molecular formula is C15H24ClN3O2. The molecule has 1 saturated heterocycles. The molecule has 5 nitrogen and oxygen atoms in total. The Labute approximate surface area is 132 Å². The molecule has 1 aliphatic rings. The maximum Gasteiger partial charge on any atom is 0.236 e. The van der Waals surface area contributed by atoms with Crippen LogP contribution in [0.4, 0.5) is 0 Å². The Morgan fingerprint density at radius 3 is 2.52 bits per heavy atom. The van der Waals surface area contributed by atoms with E-state index in [4.69, 9.17) is 10.5 Å². The lowest BCUT2D eigenvalue weighted by atomic mass is 10.0. The summed E-state index contributed by atoms with van der Waals surface area (Å²) < 4.78 is 5.40. The first-order valence-electron chi connectivity index (χ1n) is 7.08. The number of benzene rings is 1. The fraction of sp³-hybridized carbons (Fsp3) is 0.533. The van der Waals surface area contributed by atoms with Gasteiger partial charge in [0.2, 0.25) is 5.91 Å². The van der Waals surface area contributed by atoms with E-state index in [1.165, 1.54) is 5.56 Å². The summed E-state index contributed by atoms with van der Waals surface area (Å²) in [5.74, 6) is -0.112. The number of halogens is 1. The zero-order valence-corrected chi connectivity index (χ0v) is 13.1. The van der Waals surface area contributed by atoms with Crippen LogP contribution >= 0.6 is 12.4 Å². The van der Waals surface area contributed by atoms with E-state index >= 15 is 0 Å². The minimum atomic E-state index is -0.476. The number of hydrogen-bond acceptors (Lipinski definition) is 4. The quantitative estimate of drug-likeness (QED) is 0.849. The van der Waals surface area contributed by atoms with Crippen molar-refractivity contribution in [3.63, 3.8) is 0 Å². The van der Waals surface area contributed by atoms with Gasteiger partial charge in [0.15, 0.2) is 0 Å². The molecule has 1 aliphatic heterocycles. The number of nitrogens with two attached hydrogens (primary N) is 1. The van der Waals surface area contributed by atoms with E-state index < -0.39 is 6.04 Å². The molecule has 0 saturated carbocycles. The molecule has 0 aliphatic carbocycles. The average molecular weight is 314 g/mol. The Bertz CT molecular complexity index is 422. The van der Waals surface area contributed by atoms with Crippen LogP contribution in [0.15, 0.2) is 30.3 Å². The van der Waals surface area contributed by atoms with Crippen molar-refractivity contribution in [3.05, 3.63) is 35.9 Å². The van der Waals surface area contributed by atoms with E-state index in [-0.39, 0.29) is 24.4 Å². The molecule has 3 N–H and O–H groups in total. The van der Waals surface area contributed by atoms with Gasteiger partial charge in [-0.2, -0.15) is 0 Å². The summed E-state index contributed by atoms with van der Waals surface area (Å²) in [5, 5.41) is 2.93. The second-order valence-corrected chi connectivity index (χ2v) is 5.11. The first-order chi connectivity index (χ1) is 9.68. The molecule has 0 spiro atoms. The number of amides is 1. The van der Waals surface area contributed by atoms with E-state index in [1.807, 2.05) is 18.2 Å². The Kier molecular flexibility index (Phi) is 7.67. The number of carbonyl (C=O) groups is 1. The summed E-state index contributed by atoms with van der Waals surface area (Å²) in [6, 6.07) is 9.93. The van der Waals surface area contributed by atoms with Gasteiger partial charge < -0.3 is 15.8 Å². The van der Waals surface area contributed by atoms with Gasteiger partial charge in [-0.05, 0) is 12.5 Å². The molecule has 1 fully saturated rings. The van der Waals surface area contributed by atoms with E-state index in [0.717, 1.165) is 26.3 Å². The van der Waals surface area contributed by atoms with Crippen LogP contribution in [0.5, 0.6) is 0 Å². The normalized spacial score (nSPS) is 18.4. The number of morpholine rings is 1. The maximum absolute atomic E-state index is 11.7. The molecule has 1 amide bonds. The van der Waals surface area contributed by atoms with E-state index in [2.05, 4.69) is 22.3 Å². The molecule has 2 atom stereocenters. The van der Waals surface area contributed by atoms with Gasteiger partial charge in [-0.15, -0.1) is 12.4 Å². The number of nitrogens with one attached hydrogen (secondary N) is 1. The van der Waals surface area contributed by atoms with Crippen LogP contribution < -0.4 is 11.1 Å². The predicted molar refractivity (Wildman–Crippen MR) is 85.5 cm³/mol. The Balaban J connectivity index is 0.00000220. The van der Waals surface area contributed by atoms with Gasteiger partial charge in [0.1, 0.15) is 0 Å². The third kappa shape index (κ3) is 5.28. The van der Waals surface area contributed by atoms with Gasteiger partial charge in [-0.3, -0.25) is 9.69 Å². The number of carbonyl (C=O) groups excluding carboxylic acids is 1. The minimum Gasteiger partial charge on any atom is -0.379 e. The second kappa shape index (κ2) is 9.00. The summed E-state index contributed by atoms with van der Waals surface area (Å²) in [5.41, 5.74) is 6.80. The third-order valence-corrected chi connectivity index (χ3v) is 3.55. The van der Waals surface area contributed by atoms with Crippen LogP contribution in [0.2, 0.25) is 0 Å². The van der Waals surface area contributed by atoms with Crippen molar-refractivity contribution >= 4 is 18.3 Å². The van der Waals surface area contributed by atoms with Crippen molar-refractivity contribution in [2.24, 2.45) is 5.73 Å². The van der Waals surface area contributed by atoms with Gasteiger partial charge in [0.05, 0.1) is 25.3 Å². The summed E-state index contributed by atoms with van der Waals surface area (Å²) in [4.78, 5) is 14.0. The number of rotatable bonds is 5. The largest absolute Gasteiger partial charge is 0.379 e. The molecule has 2 unspecified atom stereocenters. The molecule has 0 bridgehead atoms. The van der Waals surface area contributed by atoms with Gasteiger partial charge >= 0.3 is 0 Å². The SMILES string of the molecule is CC(N)C(=O)NCC(c1ccccc1)N1CCOCC1.Cl. The van der Waals surface area contributed by atoms with Crippen LogP contribution in [-0.4, -0.2) is 49.7 Å². The monoisotopic (exact) mass is 313 g/mol. The fourth-order valence-electron chi connectivity index (χ4n) is 2.38. The maximum atomic E-state index is 11.7. The van der Waals surface area contributed by atoms with E-state index in [9.17, 15) is 4.79 Å². The lowest BCUT2D eigenvalue weighted by molar-refractivity contribution is -0.122. The van der Waals surface area contributed by atoms with Crippen LogP contribution in [-0.2, 0) is 9.53 Å². The lowest BCUT2D eigenvalue weighted by Gasteiger charge is -2.35. The van der Waals surface area contributed by atoms with Gasteiger partial charge in [0, 0.05) is 19.6 Å². The standard InChI is InChI=1S/C15H23N3O2.ClH/c1-12(16)15(19)17-11-14(13-5-3-2-4-6-13)18-7-9-20-10-8-18;/h2-6,12,14H,7-11,16H2,1H3,(H,17,19);1H. The molecule has 2 rings (SSSR count). The number of hydrogen-bond donors (Lipinski definition) is 2. The minimum absolute atomic E-state index is 0. The molecule has 0 aromatic heterocycles. The Morgan fingerprint density at radius 1 is 1.33 bits per heavy atom. The van der Waals surface area contributed by atoms with Crippen LogP contribution in [0.3, 0.4) is 0 Å². The predicted octanol–water partition coefficient (Wildman–Crippen LogP) is 0.945. The van der Waals surface area contributed by atoms with Gasteiger partial charge in [0.25, 0.3) is 0 Å². The van der Waals surface area contributed by atoms with Crippen molar-refractivity contribution in [1.82, 2.24) is 10.2 Å². The summed E-state index contributed by atoms with van der Waals surface area (Å²) in [6.07, 6.45) is 0. The molecule has 6 heteroatoms. The Hall–Kier alpha value is -1.14.